The zero-order valence-electron chi connectivity index (χ0n) is 21.7. The van der Waals surface area contributed by atoms with Crippen molar-refractivity contribution in [1.82, 2.24) is 0 Å². The first-order chi connectivity index (χ1) is 17.1. The summed E-state index contributed by atoms with van der Waals surface area (Å²) in [4.78, 5) is 49.9. The van der Waals surface area contributed by atoms with Crippen LogP contribution in [0, 0.1) is 40.4 Å². The Balaban J connectivity index is 1.58. The Kier molecular flexibility index (Phi) is 7.87. The summed E-state index contributed by atoms with van der Waals surface area (Å²) < 4.78 is 11.0. The Morgan fingerprint density at radius 2 is 1.86 bits per heavy atom. The average Bonchev–Trinajstić information content (AvgIpc) is 3.17. The van der Waals surface area contributed by atoms with E-state index in [1.165, 1.54) is 17.8 Å². The van der Waals surface area contributed by atoms with Gasteiger partial charge in [-0.2, -0.15) is 11.8 Å². The number of fused-ring (bicyclic) bond motifs is 5. The third kappa shape index (κ3) is 4.60. The first-order valence-corrected chi connectivity index (χ1v) is 14.4. The van der Waals surface area contributed by atoms with Gasteiger partial charge in [-0.3, -0.25) is 19.2 Å². The van der Waals surface area contributed by atoms with Gasteiger partial charge in [-0.15, -0.1) is 0 Å². The zero-order chi connectivity index (χ0) is 26.3. The topological polar surface area (TPSA) is 107 Å². The number of carbonyl (C=O) groups excluding carboxylic acids is 4. The van der Waals surface area contributed by atoms with Crippen LogP contribution in [-0.4, -0.2) is 53.8 Å². The van der Waals surface area contributed by atoms with Crippen molar-refractivity contribution in [3.8, 4) is 0 Å². The van der Waals surface area contributed by atoms with Gasteiger partial charge in [0.2, 0.25) is 0 Å². The van der Waals surface area contributed by atoms with E-state index in [1.807, 2.05) is 6.26 Å². The van der Waals surface area contributed by atoms with E-state index in [2.05, 4.69) is 20.8 Å². The molecule has 7 nitrogen and oxygen atoms in total. The van der Waals surface area contributed by atoms with Gasteiger partial charge >= 0.3 is 11.9 Å². The number of esters is 2. The molecule has 198 valence electrons. The van der Waals surface area contributed by atoms with Gasteiger partial charge in [0.05, 0.1) is 24.2 Å². The molecule has 0 bridgehead atoms. The molecule has 1 N–H and O–H groups in total. The van der Waals surface area contributed by atoms with Gasteiger partial charge in [0.15, 0.2) is 11.6 Å². The number of Topliss-reactive ketones (excluding diaryl/α,β-unsaturated/α-hetero) is 1. The molecule has 3 saturated carbocycles. The molecule has 0 heterocycles. The highest BCUT2D eigenvalue weighted by Gasteiger charge is 2.62. The maximum absolute atomic E-state index is 13.2. The van der Waals surface area contributed by atoms with E-state index in [0.717, 1.165) is 37.7 Å². The molecule has 36 heavy (non-hydrogen) atoms. The first kappa shape index (κ1) is 27.1. The SMILES string of the molecule is CSCC(=O)OCC(=O)[C@H]1CC[C@H]2[C@@H]3C[C@H](C)C4=CC(=O)C=C(OC(=O)CCO)[C@]4(C)[C@H]3CC[C@]12C. The van der Waals surface area contributed by atoms with Crippen LogP contribution in [0.15, 0.2) is 23.5 Å². The van der Waals surface area contributed by atoms with E-state index < -0.39 is 11.4 Å². The van der Waals surface area contributed by atoms with Crippen molar-refractivity contribution < 1.29 is 33.8 Å². The van der Waals surface area contributed by atoms with Crippen LogP contribution in [0.1, 0.15) is 59.3 Å². The highest BCUT2D eigenvalue weighted by Crippen LogP contribution is 2.68. The Labute approximate surface area is 217 Å². The fourth-order valence-electron chi connectivity index (χ4n) is 8.03. The largest absolute Gasteiger partial charge is 0.457 e. The van der Waals surface area contributed by atoms with Crippen LogP contribution in [-0.2, 0) is 28.7 Å². The highest BCUT2D eigenvalue weighted by atomic mass is 32.2. The van der Waals surface area contributed by atoms with Gasteiger partial charge in [-0.25, -0.2) is 0 Å². The summed E-state index contributed by atoms with van der Waals surface area (Å²) in [6.45, 7) is 6.01. The number of ether oxygens (including phenoxy) is 2. The van der Waals surface area contributed by atoms with Crippen LogP contribution < -0.4 is 0 Å². The minimum Gasteiger partial charge on any atom is -0.457 e. The number of allylic oxidation sites excluding steroid dienone is 3. The number of aliphatic hydroxyl groups is 1. The molecule has 0 aliphatic heterocycles. The van der Waals surface area contributed by atoms with Crippen molar-refractivity contribution in [3.63, 3.8) is 0 Å². The molecule has 4 aliphatic rings. The number of ketones is 2. The molecule has 7 atom stereocenters. The number of hydrogen-bond acceptors (Lipinski definition) is 8. The van der Waals surface area contributed by atoms with E-state index in [1.54, 1.807) is 6.08 Å². The van der Waals surface area contributed by atoms with E-state index in [0.29, 0.717) is 17.6 Å². The molecule has 3 fully saturated rings. The Bertz CT molecular complexity index is 1000. The van der Waals surface area contributed by atoms with E-state index in [4.69, 9.17) is 9.47 Å². The molecule has 0 spiro atoms. The minimum atomic E-state index is -0.571. The highest BCUT2D eigenvalue weighted by molar-refractivity contribution is 7.99. The average molecular weight is 519 g/mol. The van der Waals surface area contributed by atoms with Gasteiger partial charge in [-0.05, 0) is 86.0 Å². The molecule has 0 amide bonds. The van der Waals surface area contributed by atoms with Crippen LogP contribution in [0.4, 0.5) is 0 Å². The van der Waals surface area contributed by atoms with Crippen LogP contribution in [0.25, 0.3) is 0 Å². The van der Waals surface area contributed by atoms with Gasteiger partial charge in [0.1, 0.15) is 12.4 Å². The second kappa shape index (κ2) is 10.4. The van der Waals surface area contributed by atoms with Crippen molar-refractivity contribution in [2.45, 2.75) is 59.3 Å². The molecule has 0 radical (unpaired) electrons. The predicted octanol–water partition coefficient (Wildman–Crippen LogP) is 3.89. The maximum Gasteiger partial charge on any atom is 0.316 e. The number of aliphatic hydroxyl groups excluding tert-OH is 1. The van der Waals surface area contributed by atoms with Crippen molar-refractivity contribution in [1.29, 1.82) is 0 Å². The quantitative estimate of drug-likeness (QED) is 0.483. The molecule has 4 rings (SSSR count). The van der Waals surface area contributed by atoms with E-state index in [9.17, 15) is 24.3 Å². The standard InChI is InChI=1S/C28H38O7S/c1-16-11-18-19-5-6-21(23(31)14-34-26(33)15-36-4)27(19,2)9-7-20(18)28(3)22(16)12-17(30)13-24(28)35-25(32)8-10-29/h12-13,16,18-21,29H,5-11,14-15H2,1-4H3/t16-,18-,19-,20-,21+,27-,28+/m0/s1. The minimum absolute atomic E-state index is 0.0188. The lowest BCUT2D eigenvalue weighted by Gasteiger charge is -2.59. The monoisotopic (exact) mass is 518 g/mol. The van der Waals surface area contributed by atoms with Crippen LogP contribution in [0.3, 0.4) is 0 Å². The summed E-state index contributed by atoms with van der Waals surface area (Å²) in [7, 11) is 0. The zero-order valence-corrected chi connectivity index (χ0v) is 22.5. The van der Waals surface area contributed by atoms with Gasteiger partial charge in [0, 0.05) is 12.0 Å². The van der Waals surface area contributed by atoms with Gasteiger partial charge < -0.3 is 14.6 Å². The second-order valence-electron chi connectivity index (χ2n) is 11.4. The van der Waals surface area contributed by atoms with Crippen molar-refractivity contribution in [2.24, 2.45) is 40.4 Å². The summed E-state index contributed by atoms with van der Waals surface area (Å²) in [5.41, 5.74) is 0.291. The molecular weight excluding hydrogens is 480 g/mol. The molecule has 0 unspecified atom stereocenters. The number of carbonyl (C=O) groups is 4. The van der Waals surface area contributed by atoms with Crippen LogP contribution in [0.5, 0.6) is 0 Å². The van der Waals surface area contributed by atoms with Gasteiger partial charge in [0.25, 0.3) is 0 Å². The normalized spacial score (nSPS) is 37.1. The lowest BCUT2D eigenvalue weighted by molar-refractivity contribution is -0.149. The molecule has 0 aromatic heterocycles. The summed E-state index contributed by atoms with van der Waals surface area (Å²) >= 11 is 1.38. The molecule has 8 heteroatoms. The predicted molar refractivity (Wildman–Crippen MR) is 136 cm³/mol. The molecule has 0 saturated heterocycles. The Hall–Kier alpha value is -1.93. The fourth-order valence-corrected chi connectivity index (χ4v) is 8.35. The number of rotatable bonds is 8. The van der Waals surface area contributed by atoms with Crippen molar-refractivity contribution >= 4 is 35.3 Å². The molecule has 0 aromatic rings. The Morgan fingerprint density at radius 1 is 1.11 bits per heavy atom. The molecule has 4 aliphatic carbocycles. The third-order valence-electron chi connectivity index (χ3n) is 9.58. The van der Waals surface area contributed by atoms with Gasteiger partial charge in [-0.1, -0.05) is 13.8 Å². The number of thioether (sulfide) groups is 1. The molecule has 0 aromatic carbocycles. The lowest BCUT2D eigenvalue weighted by atomic mass is 9.45. The third-order valence-corrected chi connectivity index (χ3v) is 10.1. The van der Waals surface area contributed by atoms with E-state index >= 15 is 0 Å². The van der Waals surface area contributed by atoms with Crippen LogP contribution >= 0.6 is 11.8 Å². The fraction of sp³-hybridized carbons (Fsp3) is 0.714. The number of hydrogen-bond donors (Lipinski definition) is 1. The maximum atomic E-state index is 13.2. The van der Waals surface area contributed by atoms with Crippen molar-refractivity contribution in [3.05, 3.63) is 23.5 Å². The van der Waals surface area contributed by atoms with E-state index in [-0.39, 0.29) is 66.1 Å². The summed E-state index contributed by atoms with van der Waals surface area (Å²) in [5, 5.41) is 9.19. The Morgan fingerprint density at radius 3 is 2.56 bits per heavy atom. The summed E-state index contributed by atoms with van der Waals surface area (Å²) in [6.07, 6.45) is 9.27. The second-order valence-corrected chi connectivity index (χ2v) is 12.3. The first-order valence-electron chi connectivity index (χ1n) is 13.0. The molecular formula is C28H38O7S. The van der Waals surface area contributed by atoms with Crippen LogP contribution in [0.2, 0.25) is 0 Å². The smallest absolute Gasteiger partial charge is 0.316 e. The summed E-state index contributed by atoms with van der Waals surface area (Å²) in [5.74, 6) is 0.480. The lowest BCUT2D eigenvalue weighted by Crippen LogP contribution is -2.53. The van der Waals surface area contributed by atoms with Crippen molar-refractivity contribution in [2.75, 3.05) is 25.2 Å². The summed E-state index contributed by atoms with van der Waals surface area (Å²) in [6, 6.07) is 0.